The molecule has 1 aromatic carbocycles. The monoisotopic (exact) mass is 381 g/mol. The third-order valence-electron chi connectivity index (χ3n) is 3.64. The molecule has 26 heavy (non-hydrogen) atoms. The van der Waals surface area contributed by atoms with Gasteiger partial charge in [0.05, 0.1) is 32.6 Å². The molecular weight excluding hydrogens is 373 g/mol. The highest BCUT2D eigenvalue weighted by Gasteiger charge is 2.14. The lowest BCUT2D eigenvalue weighted by molar-refractivity contribution is 0.896. The van der Waals surface area contributed by atoms with Crippen molar-refractivity contribution in [1.29, 1.82) is 5.26 Å². The van der Waals surface area contributed by atoms with Crippen molar-refractivity contribution >= 4 is 45.7 Å². The van der Waals surface area contributed by atoms with E-state index in [-0.39, 0.29) is 0 Å². The average molecular weight is 382 g/mol. The number of pyridine rings is 1. The maximum absolute atomic E-state index is 9.02. The topological polar surface area (TPSA) is 92.3 Å². The minimum Gasteiger partial charge on any atom is -0.324 e. The van der Waals surface area contributed by atoms with Crippen LogP contribution in [-0.2, 0) is 0 Å². The number of nitrogens with zero attached hydrogens (tertiary/aromatic N) is 6. The maximum atomic E-state index is 9.02. The Morgan fingerprint density at radius 3 is 2.58 bits per heavy atom. The van der Waals surface area contributed by atoms with Crippen molar-refractivity contribution in [3.63, 3.8) is 0 Å². The van der Waals surface area contributed by atoms with Crippen LogP contribution < -0.4 is 5.32 Å². The summed E-state index contributed by atoms with van der Waals surface area (Å²) in [5, 5.41) is 18.1. The fourth-order valence-electron chi connectivity index (χ4n) is 2.49. The summed E-state index contributed by atoms with van der Waals surface area (Å²) >= 11 is 12.6. The molecule has 0 aliphatic rings. The summed E-state index contributed by atoms with van der Waals surface area (Å²) in [6.07, 6.45) is 6.49. The summed E-state index contributed by atoms with van der Waals surface area (Å²) in [7, 11) is 0. The zero-order valence-electron chi connectivity index (χ0n) is 13.1. The first-order chi connectivity index (χ1) is 12.7. The van der Waals surface area contributed by atoms with E-state index in [0.29, 0.717) is 38.4 Å². The third-order valence-corrected chi connectivity index (χ3v) is 4.21. The maximum Gasteiger partial charge on any atom is 0.142 e. The molecule has 3 heterocycles. The molecule has 0 aliphatic heterocycles. The first-order valence-corrected chi connectivity index (χ1v) is 8.18. The van der Waals surface area contributed by atoms with E-state index in [4.69, 9.17) is 28.5 Å². The van der Waals surface area contributed by atoms with Gasteiger partial charge in [-0.3, -0.25) is 0 Å². The molecule has 7 nitrogen and oxygen atoms in total. The van der Waals surface area contributed by atoms with Crippen LogP contribution >= 0.6 is 23.2 Å². The number of anilines is 2. The van der Waals surface area contributed by atoms with Crippen molar-refractivity contribution in [2.75, 3.05) is 5.32 Å². The molecule has 0 saturated heterocycles. The molecule has 9 heteroatoms. The van der Waals surface area contributed by atoms with Gasteiger partial charge in [-0.05, 0) is 24.3 Å². The van der Waals surface area contributed by atoms with E-state index in [9.17, 15) is 0 Å². The Morgan fingerprint density at radius 1 is 1.08 bits per heavy atom. The second kappa shape index (κ2) is 6.59. The third kappa shape index (κ3) is 2.92. The summed E-state index contributed by atoms with van der Waals surface area (Å²) in [4.78, 5) is 12.4. The van der Waals surface area contributed by atoms with Crippen LogP contribution in [0.25, 0.3) is 16.6 Å². The smallest absolute Gasteiger partial charge is 0.142 e. The summed E-state index contributed by atoms with van der Waals surface area (Å²) < 4.78 is 1.57. The standard InChI is InChI=1S/C17H9Cl2N7/c18-12-5-10(7-20)6-13(19)16(12)26-8-11-14(25-26)1-4-22-17(11)24-15-2-3-21-9-23-15/h1-6,8-9H,(H,21,22,23,24). The Morgan fingerprint density at radius 2 is 1.88 bits per heavy atom. The molecule has 0 bridgehead atoms. The summed E-state index contributed by atoms with van der Waals surface area (Å²) in [5.74, 6) is 1.20. The van der Waals surface area contributed by atoms with E-state index in [1.165, 1.54) is 6.33 Å². The van der Waals surface area contributed by atoms with Gasteiger partial charge in [0.25, 0.3) is 0 Å². The SMILES string of the molecule is N#Cc1cc(Cl)c(-n2cc3c(Nc4ccncn4)nccc3n2)c(Cl)c1. The lowest BCUT2D eigenvalue weighted by Crippen LogP contribution is -1.97. The molecule has 0 amide bonds. The highest BCUT2D eigenvalue weighted by Crippen LogP contribution is 2.32. The molecule has 126 valence electrons. The molecule has 3 aromatic heterocycles. The lowest BCUT2D eigenvalue weighted by atomic mass is 10.2. The van der Waals surface area contributed by atoms with Crippen molar-refractivity contribution in [3.8, 4) is 11.8 Å². The average Bonchev–Trinajstić information content (AvgIpc) is 3.06. The van der Waals surface area contributed by atoms with Gasteiger partial charge in [-0.15, -0.1) is 0 Å². The van der Waals surface area contributed by atoms with Crippen molar-refractivity contribution in [1.82, 2.24) is 24.7 Å². The number of aromatic nitrogens is 5. The van der Waals surface area contributed by atoms with Crippen LogP contribution in [0.4, 0.5) is 11.6 Å². The Labute approximate surface area is 157 Å². The van der Waals surface area contributed by atoms with Gasteiger partial charge < -0.3 is 5.32 Å². The Balaban J connectivity index is 1.82. The van der Waals surface area contributed by atoms with Crippen molar-refractivity contribution < 1.29 is 0 Å². The van der Waals surface area contributed by atoms with Crippen molar-refractivity contribution in [2.24, 2.45) is 0 Å². The van der Waals surface area contributed by atoms with Gasteiger partial charge >= 0.3 is 0 Å². The fraction of sp³-hybridized carbons (Fsp3) is 0. The number of benzene rings is 1. The Kier molecular flexibility index (Phi) is 4.13. The number of nitriles is 1. The predicted molar refractivity (Wildman–Crippen MR) is 98.9 cm³/mol. The van der Waals surface area contributed by atoms with E-state index < -0.39 is 0 Å². The van der Waals surface area contributed by atoms with Gasteiger partial charge in [-0.1, -0.05) is 23.2 Å². The second-order valence-electron chi connectivity index (χ2n) is 5.29. The molecule has 0 atom stereocenters. The van der Waals surface area contributed by atoms with Crippen molar-refractivity contribution in [2.45, 2.75) is 0 Å². The van der Waals surface area contributed by atoms with Crippen LogP contribution in [0.2, 0.25) is 10.0 Å². The molecule has 0 spiro atoms. The first-order valence-electron chi connectivity index (χ1n) is 7.42. The van der Waals surface area contributed by atoms with Crippen LogP contribution in [0.15, 0.2) is 49.2 Å². The first kappa shape index (κ1) is 16.3. The molecule has 0 radical (unpaired) electrons. The highest BCUT2D eigenvalue weighted by atomic mass is 35.5. The van der Waals surface area contributed by atoms with Gasteiger partial charge in [0.2, 0.25) is 0 Å². The van der Waals surface area contributed by atoms with E-state index in [0.717, 1.165) is 5.39 Å². The second-order valence-corrected chi connectivity index (χ2v) is 6.10. The molecular formula is C17H9Cl2N7. The molecule has 1 N–H and O–H groups in total. The van der Waals surface area contributed by atoms with E-state index in [2.05, 4.69) is 25.4 Å². The fourth-order valence-corrected chi connectivity index (χ4v) is 3.15. The van der Waals surface area contributed by atoms with Gasteiger partial charge in [-0.2, -0.15) is 10.4 Å². The van der Waals surface area contributed by atoms with Gasteiger partial charge in [0, 0.05) is 18.6 Å². The normalized spacial score (nSPS) is 10.7. The number of hydrogen-bond donors (Lipinski definition) is 1. The van der Waals surface area contributed by atoms with E-state index >= 15 is 0 Å². The Bertz CT molecular complexity index is 1130. The molecule has 0 unspecified atom stereocenters. The number of halogens is 2. The van der Waals surface area contributed by atoms with Gasteiger partial charge in [0.15, 0.2) is 0 Å². The van der Waals surface area contributed by atoms with Crippen LogP contribution in [0.3, 0.4) is 0 Å². The summed E-state index contributed by atoms with van der Waals surface area (Å²) in [6, 6.07) is 8.63. The van der Waals surface area contributed by atoms with Crippen molar-refractivity contribution in [3.05, 3.63) is 64.8 Å². The number of fused-ring (bicyclic) bond motifs is 1. The number of rotatable bonds is 3. The van der Waals surface area contributed by atoms with Crippen LogP contribution in [-0.4, -0.2) is 24.7 Å². The summed E-state index contributed by atoms with van der Waals surface area (Å²) in [6.45, 7) is 0. The van der Waals surface area contributed by atoms with E-state index in [1.807, 2.05) is 6.07 Å². The molecule has 0 saturated carbocycles. The van der Waals surface area contributed by atoms with Crippen LogP contribution in [0.1, 0.15) is 5.56 Å². The predicted octanol–water partition coefficient (Wildman–Crippen LogP) is 4.13. The zero-order chi connectivity index (χ0) is 18.1. The van der Waals surface area contributed by atoms with Crippen LogP contribution in [0.5, 0.6) is 0 Å². The number of nitrogens with one attached hydrogen (secondary N) is 1. The van der Waals surface area contributed by atoms with Crippen LogP contribution in [0, 0.1) is 11.3 Å². The zero-order valence-corrected chi connectivity index (χ0v) is 14.6. The number of hydrogen-bond acceptors (Lipinski definition) is 6. The van der Waals surface area contributed by atoms with Gasteiger partial charge in [-0.25, -0.2) is 19.6 Å². The highest BCUT2D eigenvalue weighted by molar-refractivity contribution is 6.38. The molecule has 4 rings (SSSR count). The lowest BCUT2D eigenvalue weighted by Gasteiger charge is -2.07. The molecule has 0 fully saturated rings. The summed E-state index contributed by atoms with van der Waals surface area (Å²) in [5.41, 5.74) is 1.58. The quantitative estimate of drug-likeness (QED) is 0.573. The molecule has 0 aliphatic carbocycles. The minimum absolute atomic E-state index is 0.333. The molecule has 4 aromatic rings. The Hall–Kier alpha value is -3.21. The van der Waals surface area contributed by atoms with Gasteiger partial charge in [0.1, 0.15) is 23.7 Å². The van der Waals surface area contributed by atoms with E-state index in [1.54, 1.807) is 47.5 Å². The minimum atomic E-state index is 0.333. The largest absolute Gasteiger partial charge is 0.324 e.